The normalized spacial score (nSPS) is 28.8. The van der Waals surface area contributed by atoms with Crippen molar-refractivity contribution >= 4 is 12.0 Å². The van der Waals surface area contributed by atoms with Crippen molar-refractivity contribution in [2.75, 3.05) is 13.1 Å². The maximum atomic E-state index is 12.0. The lowest BCUT2D eigenvalue weighted by atomic mass is 9.97. The van der Waals surface area contributed by atoms with E-state index in [9.17, 15) is 9.59 Å². The molecular formula is C13H23N3O3. The smallest absolute Gasteiger partial charge is 0.331 e. The number of amides is 2. The molecule has 2 amide bonds. The number of carbonyl (C=O) groups excluding carboxylic acids is 1. The third-order valence-electron chi connectivity index (χ3n) is 4.13. The van der Waals surface area contributed by atoms with E-state index in [1.54, 1.807) is 4.90 Å². The molecule has 108 valence electrons. The lowest BCUT2D eigenvalue weighted by Gasteiger charge is -2.43. The van der Waals surface area contributed by atoms with Gasteiger partial charge in [0.1, 0.15) is 0 Å². The molecule has 2 atom stereocenters. The number of likely N-dealkylation sites (tertiary alicyclic amines) is 1. The summed E-state index contributed by atoms with van der Waals surface area (Å²) in [7, 11) is 0. The molecule has 2 rings (SSSR count). The standard InChI is InChI=1S/C13H23N3O3/c1-9-4-3-5-10(2)16(9)14-13(19)15-7-11(8-15)6-12(17)18/h9-11H,3-8H2,1-2H3,(H,14,19)(H,17,18). The number of nitrogens with one attached hydrogen (secondary N) is 1. The Morgan fingerprint density at radius 1 is 1.21 bits per heavy atom. The summed E-state index contributed by atoms with van der Waals surface area (Å²) in [6.07, 6.45) is 3.57. The fourth-order valence-corrected chi connectivity index (χ4v) is 2.93. The Morgan fingerprint density at radius 3 is 2.32 bits per heavy atom. The summed E-state index contributed by atoms with van der Waals surface area (Å²) in [5.74, 6) is -0.678. The molecule has 2 unspecified atom stereocenters. The number of rotatable bonds is 3. The van der Waals surface area contributed by atoms with Gasteiger partial charge in [-0.05, 0) is 26.7 Å². The van der Waals surface area contributed by atoms with Crippen LogP contribution in [0, 0.1) is 5.92 Å². The molecule has 6 heteroatoms. The zero-order chi connectivity index (χ0) is 14.0. The van der Waals surface area contributed by atoms with Crippen molar-refractivity contribution in [2.45, 2.75) is 51.6 Å². The Labute approximate surface area is 113 Å². The third kappa shape index (κ3) is 3.37. The zero-order valence-electron chi connectivity index (χ0n) is 11.6. The van der Waals surface area contributed by atoms with Gasteiger partial charge in [-0.25, -0.2) is 9.80 Å². The molecule has 2 N–H and O–H groups in total. The van der Waals surface area contributed by atoms with Gasteiger partial charge in [0.2, 0.25) is 0 Å². The van der Waals surface area contributed by atoms with Crippen LogP contribution >= 0.6 is 0 Å². The molecule has 6 nitrogen and oxygen atoms in total. The zero-order valence-corrected chi connectivity index (χ0v) is 11.6. The largest absolute Gasteiger partial charge is 0.481 e. The molecule has 2 aliphatic rings. The minimum Gasteiger partial charge on any atom is -0.481 e. The van der Waals surface area contributed by atoms with Crippen LogP contribution in [0.4, 0.5) is 4.79 Å². The number of carboxylic acids is 1. The third-order valence-corrected chi connectivity index (χ3v) is 4.13. The molecule has 0 aromatic heterocycles. The summed E-state index contributed by atoms with van der Waals surface area (Å²) in [6.45, 7) is 5.35. The average Bonchev–Trinajstić information content (AvgIpc) is 2.27. The highest BCUT2D eigenvalue weighted by atomic mass is 16.4. The molecule has 0 aromatic carbocycles. The van der Waals surface area contributed by atoms with E-state index in [0.717, 1.165) is 12.8 Å². The van der Waals surface area contributed by atoms with Crippen LogP contribution in [0.3, 0.4) is 0 Å². The molecule has 0 spiro atoms. The molecule has 2 aliphatic heterocycles. The van der Waals surface area contributed by atoms with E-state index in [-0.39, 0.29) is 18.4 Å². The number of carboxylic acid groups (broad SMARTS) is 1. The summed E-state index contributed by atoms with van der Waals surface area (Å²) in [6, 6.07) is 0.634. The fraction of sp³-hybridized carbons (Fsp3) is 0.846. The minimum atomic E-state index is -0.789. The van der Waals surface area contributed by atoms with E-state index in [4.69, 9.17) is 5.11 Å². The monoisotopic (exact) mass is 269 g/mol. The number of urea groups is 1. The predicted octanol–water partition coefficient (Wildman–Crippen LogP) is 1.28. The first-order valence-electron chi connectivity index (χ1n) is 7.03. The first kappa shape index (κ1) is 14.1. The number of hydrazine groups is 1. The highest BCUT2D eigenvalue weighted by Crippen LogP contribution is 2.22. The molecule has 0 bridgehead atoms. The van der Waals surface area contributed by atoms with E-state index < -0.39 is 5.97 Å². The van der Waals surface area contributed by atoms with Crippen molar-refractivity contribution in [2.24, 2.45) is 5.92 Å². The van der Waals surface area contributed by atoms with Gasteiger partial charge < -0.3 is 10.0 Å². The maximum absolute atomic E-state index is 12.0. The Bertz CT molecular complexity index is 345. The Kier molecular flexibility index (Phi) is 4.29. The second kappa shape index (κ2) is 5.77. The van der Waals surface area contributed by atoms with E-state index >= 15 is 0 Å². The first-order valence-corrected chi connectivity index (χ1v) is 7.03. The van der Waals surface area contributed by atoms with Gasteiger partial charge in [-0.2, -0.15) is 0 Å². The number of nitrogens with zero attached hydrogens (tertiary/aromatic N) is 2. The van der Waals surface area contributed by atoms with Gasteiger partial charge in [0, 0.05) is 31.1 Å². The molecule has 2 saturated heterocycles. The van der Waals surface area contributed by atoms with Gasteiger partial charge >= 0.3 is 12.0 Å². The topological polar surface area (TPSA) is 72.9 Å². The van der Waals surface area contributed by atoms with Crippen LogP contribution in [-0.2, 0) is 4.79 Å². The van der Waals surface area contributed by atoms with Crippen molar-refractivity contribution in [3.05, 3.63) is 0 Å². The van der Waals surface area contributed by atoms with Gasteiger partial charge in [0.15, 0.2) is 0 Å². The molecule has 2 heterocycles. The van der Waals surface area contributed by atoms with Crippen LogP contribution < -0.4 is 5.43 Å². The lowest BCUT2D eigenvalue weighted by molar-refractivity contribution is -0.139. The van der Waals surface area contributed by atoms with Crippen molar-refractivity contribution < 1.29 is 14.7 Å². The second-order valence-electron chi connectivity index (χ2n) is 5.82. The molecular weight excluding hydrogens is 246 g/mol. The Balaban J connectivity index is 1.77. The van der Waals surface area contributed by atoms with Gasteiger partial charge in [0.05, 0.1) is 6.42 Å². The second-order valence-corrected chi connectivity index (χ2v) is 5.82. The average molecular weight is 269 g/mol. The minimum absolute atomic E-state index is 0.0951. The van der Waals surface area contributed by atoms with Crippen LogP contribution in [0.5, 0.6) is 0 Å². The SMILES string of the molecule is CC1CCCC(C)N1NC(=O)N1CC(CC(=O)O)C1. The van der Waals surface area contributed by atoms with E-state index in [2.05, 4.69) is 19.3 Å². The first-order chi connectivity index (χ1) is 8.97. The van der Waals surface area contributed by atoms with Crippen LogP contribution in [-0.4, -0.2) is 52.2 Å². The van der Waals surface area contributed by atoms with Gasteiger partial charge in [0.25, 0.3) is 0 Å². The summed E-state index contributed by atoms with van der Waals surface area (Å²) < 4.78 is 0. The number of aliphatic carboxylic acids is 1. The van der Waals surface area contributed by atoms with Crippen molar-refractivity contribution in [1.29, 1.82) is 0 Å². The van der Waals surface area contributed by atoms with Crippen molar-refractivity contribution in [3.8, 4) is 0 Å². The molecule has 0 radical (unpaired) electrons. The van der Waals surface area contributed by atoms with E-state index in [1.807, 2.05) is 5.01 Å². The Morgan fingerprint density at radius 2 is 1.79 bits per heavy atom. The molecule has 0 aliphatic carbocycles. The molecule has 0 aromatic rings. The van der Waals surface area contributed by atoms with Gasteiger partial charge in [-0.3, -0.25) is 10.2 Å². The Hall–Kier alpha value is -1.30. The van der Waals surface area contributed by atoms with Crippen LogP contribution in [0.1, 0.15) is 39.5 Å². The van der Waals surface area contributed by atoms with Crippen LogP contribution in [0.2, 0.25) is 0 Å². The van der Waals surface area contributed by atoms with Crippen LogP contribution in [0.25, 0.3) is 0 Å². The van der Waals surface area contributed by atoms with Gasteiger partial charge in [-0.15, -0.1) is 0 Å². The molecule has 0 saturated carbocycles. The van der Waals surface area contributed by atoms with E-state index in [0.29, 0.717) is 25.2 Å². The molecule has 19 heavy (non-hydrogen) atoms. The van der Waals surface area contributed by atoms with Gasteiger partial charge in [-0.1, -0.05) is 6.42 Å². The summed E-state index contributed by atoms with van der Waals surface area (Å²) in [5, 5.41) is 10.7. The maximum Gasteiger partial charge on any atom is 0.331 e. The quantitative estimate of drug-likeness (QED) is 0.809. The number of hydrogen-bond acceptors (Lipinski definition) is 3. The van der Waals surface area contributed by atoms with Crippen LogP contribution in [0.15, 0.2) is 0 Å². The van der Waals surface area contributed by atoms with Crippen molar-refractivity contribution in [3.63, 3.8) is 0 Å². The predicted molar refractivity (Wildman–Crippen MR) is 70.5 cm³/mol. The lowest BCUT2D eigenvalue weighted by Crippen LogP contribution is -2.61. The molecule has 2 fully saturated rings. The number of hydrogen-bond donors (Lipinski definition) is 2. The fourth-order valence-electron chi connectivity index (χ4n) is 2.93. The highest BCUT2D eigenvalue weighted by molar-refractivity contribution is 5.75. The number of piperidine rings is 1. The van der Waals surface area contributed by atoms with E-state index in [1.165, 1.54) is 6.42 Å². The summed E-state index contributed by atoms with van der Waals surface area (Å²) in [5.41, 5.74) is 2.97. The highest BCUT2D eigenvalue weighted by Gasteiger charge is 2.34. The summed E-state index contributed by atoms with van der Waals surface area (Å²) in [4.78, 5) is 24.3. The van der Waals surface area contributed by atoms with Crippen molar-refractivity contribution in [1.82, 2.24) is 15.3 Å². The number of carbonyl (C=O) groups is 2. The summed E-state index contributed by atoms with van der Waals surface area (Å²) >= 11 is 0.